The van der Waals surface area contributed by atoms with Crippen LogP contribution in [-0.4, -0.2) is 39.9 Å². The van der Waals surface area contributed by atoms with Gasteiger partial charge in [-0.25, -0.2) is 0 Å². The number of hydrogen-bond acceptors (Lipinski definition) is 3. The van der Waals surface area contributed by atoms with E-state index in [4.69, 9.17) is 5.10 Å². The molecular formula is C17H30N4. The number of nitrogens with one attached hydrogen (secondary N) is 1. The topological polar surface area (TPSA) is 33.1 Å². The fraction of sp³-hybridized carbons (Fsp3) is 0.824. The maximum Gasteiger partial charge on any atom is 0.0762 e. The van der Waals surface area contributed by atoms with Crippen LogP contribution in [0.4, 0.5) is 0 Å². The van der Waals surface area contributed by atoms with Crippen LogP contribution in [0.15, 0.2) is 12.3 Å². The van der Waals surface area contributed by atoms with Crippen molar-refractivity contribution in [2.45, 2.75) is 77.0 Å². The third-order valence-corrected chi connectivity index (χ3v) is 5.38. The van der Waals surface area contributed by atoms with Gasteiger partial charge < -0.3 is 5.32 Å². The average molecular weight is 290 g/mol. The number of piperidine rings is 1. The Kier molecular flexibility index (Phi) is 4.96. The zero-order chi connectivity index (χ0) is 14.7. The lowest BCUT2D eigenvalue weighted by Crippen LogP contribution is -2.44. The van der Waals surface area contributed by atoms with E-state index in [0.717, 1.165) is 25.4 Å². The van der Waals surface area contributed by atoms with Gasteiger partial charge in [0, 0.05) is 31.4 Å². The minimum Gasteiger partial charge on any atom is -0.307 e. The predicted octanol–water partition coefficient (Wildman–Crippen LogP) is 2.96. The Morgan fingerprint density at radius 3 is 2.90 bits per heavy atom. The minimum absolute atomic E-state index is 0.555. The highest BCUT2D eigenvalue weighted by atomic mass is 15.3. The normalized spacial score (nSPS) is 26.4. The third kappa shape index (κ3) is 3.32. The molecule has 3 heterocycles. The predicted molar refractivity (Wildman–Crippen MR) is 86.3 cm³/mol. The lowest BCUT2D eigenvalue weighted by Gasteiger charge is -2.32. The third-order valence-electron chi connectivity index (χ3n) is 5.38. The number of aromatic nitrogens is 2. The van der Waals surface area contributed by atoms with Gasteiger partial charge in [-0.3, -0.25) is 9.58 Å². The van der Waals surface area contributed by atoms with Crippen molar-refractivity contribution in [1.82, 2.24) is 20.0 Å². The van der Waals surface area contributed by atoms with Crippen LogP contribution in [-0.2, 0) is 6.54 Å². The van der Waals surface area contributed by atoms with Gasteiger partial charge >= 0.3 is 0 Å². The molecular weight excluding hydrogens is 260 g/mol. The van der Waals surface area contributed by atoms with Gasteiger partial charge in [-0.2, -0.15) is 5.10 Å². The van der Waals surface area contributed by atoms with Crippen LogP contribution in [0.1, 0.15) is 64.1 Å². The monoisotopic (exact) mass is 290 g/mol. The lowest BCUT2D eigenvalue weighted by molar-refractivity contribution is 0.180. The van der Waals surface area contributed by atoms with Gasteiger partial charge in [0.2, 0.25) is 0 Å². The van der Waals surface area contributed by atoms with Crippen LogP contribution in [0.5, 0.6) is 0 Å². The second-order valence-corrected chi connectivity index (χ2v) is 6.63. The fourth-order valence-corrected chi connectivity index (χ4v) is 4.06. The van der Waals surface area contributed by atoms with Crippen molar-refractivity contribution >= 4 is 0 Å². The molecule has 4 nitrogen and oxygen atoms in total. The highest BCUT2D eigenvalue weighted by molar-refractivity contribution is 5.01. The van der Waals surface area contributed by atoms with Crippen molar-refractivity contribution in [3.8, 4) is 0 Å². The number of hydrogen-bond donors (Lipinski definition) is 1. The van der Waals surface area contributed by atoms with E-state index in [9.17, 15) is 0 Å². The molecule has 1 N–H and O–H groups in total. The van der Waals surface area contributed by atoms with E-state index in [0.29, 0.717) is 12.1 Å². The molecule has 2 fully saturated rings. The van der Waals surface area contributed by atoms with Gasteiger partial charge in [-0.15, -0.1) is 0 Å². The van der Waals surface area contributed by atoms with Crippen LogP contribution in [0.3, 0.4) is 0 Å². The first-order valence-electron chi connectivity index (χ1n) is 8.83. The molecule has 118 valence electrons. The zero-order valence-corrected chi connectivity index (χ0v) is 13.6. The molecule has 0 bridgehead atoms. The summed E-state index contributed by atoms with van der Waals surface area (Å²) in [6.07, 6.45) is 9.94. The highest BCUT2D eigenvalue weighted by Gasteiger charge is 2.34. The summed E-state index contributed by atoms with van der Waals surface area (Å²) in [4.78, 5) is 2.68. The molecule has 0 spiro atoms. The molecule has 2 unspecified atom stereocenters. The Labute approximate surface area is 128 Å². The van der Waals surface area contributed by atoms with Crippen LogP contribution in [0, 0.1) is 0 Å². The van der Waals surface area contributed by atoms with E-state index in [-0.39, 0.29) is 0 Å². The second-order valence-electron chi connectivity index (χ2n) is 6.63. The summed E-state index contributed by atoms with van der Waals surface area (Å²) in [5.74, 6) is 0. The summed E-state index contributed by atoms with van der Waals surface area (Å²) in [7, 11) is 0. The number of rotatable bonds is 6. The van der Waals surface area contributed by atoms with E-state index in [2.05, 4.69) is 41.0 Å². The van der Waals surface area contributed by atoms with Crippen molar-refractivity contribution in [3.63, 3.8) is 0 Å². The Balaban J connectivity index is 1.53. The van der Waals surface area contributed by atoms with Crippen LogP contribution >= 0.6 is 0 Å². The molecule has 0 aliphatic carbocycles. The Hall–Kier alpha value is -0.870. The molecule has 21 heavy (non-hydrogen) atoms. The number of nitrogens with zero attached hydrogens (tertiary/aromatic N) is 3. The van der Waals surface area contributed by atoms with E-state index in [1.54, 1.807) is 0 Å². The van der Waals surface area contributed by atoms with Gasteiger partial charge in [-0.1, -0.05) is 20.3 Å². The lowest BCUT2D eigenvalue weighted by atomic mass is 9.99. The molecule has 3 rings (SSSR count). The second kappa shape index (κ2) is 6.93. The van der Waals surface area contributed by atoms with Crippen LogP contribution in [0.2, 0.25) is 0 Å². The maximum absolute atomic E-state index is 4.76. The van der Waals surface area contributed by atoms with Gasteiger partial charge in [0.1, 0.15) is 0 Å². The molecule has 0 amide bonds. The summed E-state index contributed by atoms with van der Waals surface area (Å²) in [6.45, 7) is 7.99. The summed E-state index contributed by atoms with van der Waals surface area (Å²) < 4.78 is 2.15. The fourth-order valence-electron chi connectivity index (χ4n) is 4.06. The van der Waals surface area contributed by atoms with Crippen LogP contribution < -0.4 is 5.32 Å². The minimum atomic E-state index is 0.555. The smallest absolute Gasteiger partial charge is 0.0762 e. The van der Waals surface area contributed by atoms with Crippen molar-refractivity contribution < 1.29 is 0 Å². The molecule has 0 radical (unpaired) electrons. The van der Waals surface area contributed by atoms with Gasteiger partial charge in [0.25, 0.3) is 0 Å². The van der Waals surface area contributed by atoms with Crippen molar-refractivity contribution in [2.75, 3.05) is 13.1 Å². The van der Waals surface area contributed by atoms with Gasteiger partial charge in [-0.05, 0) is 44.7 Å². The molecule has 2 saturated heterocycles. The zero-order valence-electron chi connectivity index (χ0n) is 13.6. The van der Waals surface area contributed by atoms with Gasteiger partial charge in [0.15, 0.2) is 0 Å². The molecule has 0 saturated carbocycles. The summed E-state index contributed by atoms with van der Waals surface area (Å²) in [6, 6.07) is 4.18. The molecule has 0 aromatic carbocycles. The van der Waals surface area contributed by atoms with E-state index < -0.39 is 0 Å². The molecule has 1 aromatic heterocycles. The standard InChI is InChI=1S/C17H30N4/c1-3-15(4-2)21-12-8-14(19-21)13-18-16-9-11-20-10-6-5-7-17(16)20/h8,12,15-18H,3-7,9-11,13H2,1-2H3. The van der Waals surface area contributed by atoms with Gasteiger partial charge in [0.05, 0.1) is 11.7 Å². The molecule has 2 aliphatic heterocycles. The first kappa shape index (κ1) is 15.0. The quantitative estimate of drug-likeness (QED) is 0.874. The summed E-state index contributed by atoms with van der Waals surface area (Å²) >= 11 is 0. The highest BCUT2D eigenvalue weighted by Crippen LogP contribution is 2.27. The average Bonchev–Trinajstić information content (AvgIpc) is 3.13. The largest absolute Gasteiger partial charge is 0.307 e. The van der Waals surface area contributed by atoms with E-state index in [1.165, 1.54) is 44.5 Å². The molecule has 4 heteroatoms. The van der Waals surface area contributed by atoms with Crippen molar-refractivity contribution in [3.05, 3.63) is 18.0 Å². The first-order chi connectivity index (χ1) is 10.3. The summed E-state index contributed by atoms with van der Waals surface area (Å²) in [5.41, 5.74) is 1.19. The maximum atomic E-state index is 4.76. The molecule has 2 aliphatic rings. The van der Waals surface area contributed by atoms with Crippen molar-refractivity contribution in [2.24, 2.45) is 0 Å². The Morgan fingerprint density at radius 1 is 1.24 bits per heavy atom. The summed E-state index contributed by atoms with van der Waals surface area (Å²) in [5, 5.41) is 8.53. The van der Waals surface area contributed by atoms with Crippen LogP contribution in [0.25, 0.3) is 0 Å². The number of fused-ring (bicyclic) bond motifs is 1. The Bertz CT molecular complexity index is 438. The molecule has 2 atom stereocenters. The SMILES string of the molecule is CCC(CC)n1ccc(CNC2CCN3CCCCC23)n1. The molecule has 1 aromatic rings. The van der Waals surface area contributed by atoms with E-state index in [1.807, 2.05) is 0 Å². The van der Waals surface area contributed by atoms with E-state index >= 15 is 0 Å². The Morgan fingerprint density at radius 2 is 2.10 bits per heavy atom. The van der Waals surface area contributed by atoms with Crippen molar-refractivity contribution in [1.29, 1.82) is 0 Å². The first-order valence-corrected chi connectivity index (χ1v) is 8.83.